The van der Waals surface area contributed by atoms with Crippen molar-refractivity contribution in [2.24, 2.45) is 5.73 Å². The Morgan fingerprint density at radius 2 is 1.81 bits per heavy atom. The molecule has 0 aliphatic rings. The van der Waals surface area contributed by atoms with E-state index in [-0.39, 0.29) is 11.2 Å². The SMILES string of the molecule is CC(C)(C)c1cc(OC(F)(F)F)cc(C(O)CCCN)c1. The first kappa shape index (κ1) is 17.8. The molecule has 3 N–H and O–H groups in total. The Bertz CT molecular complexity index is 467. The van der Waals surface area contributed by atoms with E-state index in [1.165, 1.54) is 12.1 Å². The van der Waals surface area contributed by atoms with E-state index in [2.05, 4.69) is 4.74 Å². The first-order chi connectivity index (χ1) is 9.53. The molecule has 0 saturated carbocycles. The van der Waals surface area contributed by atoms with Crippen LogP contribution < -0.4 is 10.5 Å². The maximum absolute atomic E-state index is 12.4. The lowest BCUT2D eigenvalue weighted by Gasteiger charge is -2.23. The van der Waals surface area contributed by atoms with Gasteiger partial charge in [0.15, 0.2) is 0 Å². The van der Waals surface area contributed by atoms with Gasteiger partial charge >= 0.3 is 6.36 Å². The highest BCUT2D eigenvalue weighted by molar-refractivity contribution is 5.38. The number of aliphatic hydroxyl groups is 1. The van der Waals surface area contributed by atoms with Crippen LogP contribution in [-0.2, 0) is 5.41 Å². The van der Waals surface area contributed by atoms with E-state index in [0.29, 0.717) is 30.5 Å². The molecule has 1 aromatic carbocycles. The third kappa shape index (κ3) is 5.93. The van der Waals surface area contributed by atoms with Crippen LogP contribution in [0.4, 0.5) is 13.2 Å². The molecule has 1 unspecified atom stereocenters. The molecular formula is C15H22F3NO2. The van der Waals surface area contributed by atoms with Gasteiger partial charge in [0.1, 0.15) is 5.75 Å². The van der Waals surface area contributed by atoms with Crippen LogP contribution in [0, 0.1) is 0 Å². The average molecular weight is 305 g/mol. The van der Waals surface area contributed by atoms with E-state index in [1.54, 1.807) is 6.07 Å². The topological polar surface area (TPSA) is 55.5 Å². The smallest absolute Gasteiger partial charge is 0.406 e. The molecule has 1 aromatic rings. The van der Waals surface area contributed by atoms with Gasteiger partial charge in [-0.2, -0.15) is 0 Å². The zero-order valence-corrected chi connectivity index (χ0v) is 12.5. The van der Waals surface area contributed by atoms with Crippen molar-refractivity contribution in [3.8, 4) is 5.75 Å². The summed E-state index contributed by atoms with van der Waals surface area (Å²) in [7, 11) is 0. The summed E-state index contributed by atoms with van der Waals surface area (Å²) in [4.78, 5) is 0. The van der Waals surface area contributed by atoms with Crippen molar-refractivity contribution < 1.29 is 23.0 Å². The van der Waals surface area contributed by atoms with Crippen LogP contribution in [0.5, 0.6) is 5.75 Å². The van der Waals surface area contributed by atoms with Crippen molar-refractivity contribution in [2.45, 2.75) is 51.5 Å². The van der Waals surface area contributed by atoms with Gasteiger partial charge in [-0.1, -0.05) is 26.8 Å². The number of alkyl halides is 3. The molecule has 0 fully saturated rings. The fourth-order valence-electron chi connectivity index (χ4n) is 1.92. The van der Waals surface area contributed by atoms with Crippen molar-refractivity contribution in [3.05, 3.63) is 29.3 Å². The largest absolute Gasteiger partial charge is 0.573 e. The Morgan fingerprint density at radius 3 is 2.29 bits per heavy atom. The summed E-state index contributed by atoms with van der Waals surface area (Å²) in [5, 5.41) is 10.1. The molecule has 0 radical (unpaired) electrons. The van der Waals surface area contributed by atoms with Gasteiger partial charge in [0, 0.05) is 0 Å². The van der Waals surface area contributed by atoms with E-state index in [4.69, 9.17) is 5.73 Å². The molecule has 1 rings (SSSR count). The number of halogens is 3. The zero-order valence-electron chi connectivity index (χ0n) is 12.5. The van der Waals surface area contributed by atoms with Crippen LogP contribution in [0.1, 0.15) is 50.8 Å². The first-order valence-corrected chi connectivity index (χ1v) is 6.82. The molecule has 0 aromatic heterocycles. The summed E-state index contributed by atoms with van der Waals surface area (Å²) in [6.07, 6.45) is -4.62. The van der Waals surface area contributed by atoms with Gasteiger partial charge in [0.2, 0.25) is 0 Å². The Balaban J connectivity index is 3.15. The first-order valence-electron chi connectivity index (χ1n) is 6.82. The Kier molecular flexibility index (Phi) is 5.64. The number of rotatable bonds is 5. The minimum Gasteiger partial charge on any atom is -0.406 e. The predicted molar refractivity (Wildman–Crippen MR) is 75.1 cm³/mol. The minimum atomic E-state index is -4.75. The van der Waals surface area contributed by atoms with Crippen LogP contribution in [0.15, 0.2) is 18.2 Å². The third-order valence-electron chi connectivity index (χ3n) is 3.09. The van der Waals surface area contributed by atoms with Gasteiger partial charge in [-0.15, -0.1) is 13.2 Å². The molecule has 0 aliphatic carbocycles. The molecule has 0 bridgehead atoms. The van der Waals surface area contributed by atoms with E-state index < -0.39 is 12.5 Å². The molecule has 3 nitrogen and oxygen atoms in total. The lowest BCUT2D eigenvalue weighted by molar-refractivity contribution is -0.274. The van der Waals surface area contributed by atoms with Crippen LogP contribution in [0.25, 0.3) is 0 Å². The Labute approximate surface area is 122 Å². The van der Waals surface area contributed by atoms with Crippen LogP contribution in [0.3, 0.4) is 0 Å². The molecule has 0 saturated heterocycles. The summed E-state index contributed by atoms with van der Waals surface area (Å²) in [5.41, 5.74) is 6.11. The molecule has 0 spiro atoms. The number of benzene rings is 1. The predicted octanol–water partition coefficient (Wildman–Crippen LogP) is 3.66. The van der Waals surface area contributed by atoms with Gasteiger partial charge in [-0.3, -0.25) is 0 Å². The van der Waals surface area contributed by atoms with Crippen LogP contribution in [0.2, 0.25) is 0 Å². The molecule has 1 atom stereocenters. The van der Waals surface area contributed by atoms with Crippen LogP contribution in [-0.4, -0.2) is 18.0 Å². The molecule has 6 heteroatoms. The lowest BCUT2D eigenvalue weighted by atomic mass is 9.85. The summed E-state index contributed by atoms with van der Waals surface area (Å²) in [6.45, 7) is 6.07. The highest BCUT2D eigenvalue weighted by atomic mass is 19.4. The van der Waals surface area contributed by atoms with Gasteiger partial charge in [0.05, 0.1) is 6.10 Å². The third-order valence-corrected chi connectivity index (χ3v) is 3.09. The fraction of sp³-hybridized carbons (Fsp3) is 0.600. The second kappa shape index (κ2) is 6.66. The Hall–Kier alpha value is -1.27. The van der Waals surface area contributed by atoms with Gasteiger partial charge in [0.25, 0.3) is 0 Å². The fourth-order valence-corrected chi connectivity index (χ4v) is 1.92. The van der Waals surface area contributed by atoms with E-state index in [9.17, 15) is 18.3 Å². The summed E-state index contributed by atoms with van der Waals surface area (Å²) in [5.74, 6) is -0.309. The maximum Gasteiger partial charge on any atom is 0.573 e. The summed E-state index contributed by atoms with van der Waals surface area (Å²) in [6, 6.07) is 4.29. The standard InChI is InChI=1S/C15H22F3NO2/c1-14(2,3)11-7-10(13(20)5-4-6-19)8-12(9-11)21-15(16,17)18/h7-9,13,20H,4-6,19H2,1-3H3. The maximum atomic E-state index is 12.4. The van der Waals surface area contributed by atoms with Crippen LogP contribution >= 0.6 is 0 Å². The van der Waals surface area contributed by atoms with E-state index in [1.807, 2.05) is 20.8 Å². The number of aliphatic hydroxyl groups excluding tert-OH is 1. The average Bonchev–Trinajstić information content (AvgIpc) is 2.32. The molecule has 0 heterocycles. The molecule has 0 aliphatic heterocycles. The molecule has 120 valence electrons. The molecular weight excluding hydrogens is 283 g/mol. The van der Waals surface area contributed by atoms with Crippen molar-refractivity contribution in [1.29, 1.82) is 0 Å². The second-order valence-electron chi connectivity index (χ2n) is 6.04. The highest BCUT2D eigenvalue weighted by Gasteiger charge is 2.32. The van der Waals surface area contributed by atoms with Gasteiger partial charge < -0.3 is 15.6 Å². The van der Waals surface area contributed by atoms with Gasteiger partial charge in [-0.05, 0) is 48.1 Å². The van der Waals surface area contributed by atoms with Crippen molar-refractivity contribution in [3.63, 3.8) is 0 Å². The van der Waals surface area contributed by atoms with Gasteiger partial charge in [-0.25, -0.2) is 0 Å². The number of hydrogen-bond donors (Lipinski definition) is 2. The van der Waals surface area contributed by atoms with Crippen molar-refractivity contribution in [1.82, 2.24) is 0 Å². The minimum absolute atomic E-state index is 0.309. The number of nitrogens with two attached hydrogens (primary N) is 1. The summed E-state index contributed by atoms with van der Waals surface area (Å²) >= 11 is 0. The van der Waals surface area contributed by atoms with E-state index >= 15 is 0 Å². The second-order valence-corrected chi connectivity index (χ2v) is 6.04. The lowest BCUT2D eigenvalue weighted by Crippen LogP contribution is -2.19. The normalized spacial score (nSPS) is 14.1. The molecule has 0 amide bonds. The summed E-state index contributed by atoms with van der Waals surface area (Å²) < 4.78 is 41.2. The number of hydrogen-bond acceptors (Lipinski definition) is 3. The van der Waals surface area contributed by atoms with Crippen molar-refractivity contribution >= 4 is 0 Å². The Morgan fingerprint density at radius 1 is 1.19 bits per heavy atom. The quantitative estimate of drug-likeness (QED) is 0.873. The monoisotopic (exact) mass is 305 g/mol. The zero-order chi connectivity index (χ0) is 16.3. The van der Waals surface area contributed by atoms with E-state index in [0.717, 1.165) is 0 Å². The number of ether oxygens (including phenoxy) is 1. The van der Waals surface area contributed by atoms with Crippen molar-refractivity contribution in [2.75, 3.05) is 6.54 Å². The highest BCUT2D eigenvalue weighted by Crippen LogP contribution is 2.33. The molecule has 21 heavy (non-hydrogen) atoms.